The topological polar surface area (TPSA) is 35.2 Å². The van der Waals surface area contributed by atoms with Gasteiger partial charge in [-0.3, -0.25) is 0 Å². The van der Waals surface area contributed by atoms with Crippen LogP contribution in [0.1, 0.15) is 60.5 Å². The van der Waals surface area contributed by atoms with E-state index in [9.17, 15) is 26.3 Å². The minimum atomic E-state index is -4.89. The van der Waals surface area contributed by atoms with E-state index in [1.54, 1.807) is 0 Å². The van der Waals surface area contributed by atoms with Crippen molar-refractivity contribution in [2.75, 3.05) is 0 Å². The molecular formula is C22H23F6NO. The van der Waals surface area contributed by atoms with E-state index < -0.39 is 35.7 Å². The molecule has 2 N–H and O–H groups in total. The van der Waals surface area contributed by atoms with E-state index >= 15 is 0 Å². The van der Waals surface area contributed by atoms with Crippen molar-refractivity contribution in [3.05, 3.63) is 70.8 Å². The largest absolute Gasteiger partial charge is 0.416 e. The van der Waals surface area contributed by atoms with Crippen molar-refractivity contribution in [3.63, 3.8) is 0 Å². The molecule has 8 heteroatoms. The van der Waals surface area contributed by atoms with Crippen LogP contribution in [0.4, 0.5) is 26.3 Å². The molecule has 1 saturated carbocycles. The van der Waals surface area contributed by atoms with Gasteiger partial charge in [0.2, 0.25) is 0 Å². The predicted molar refractivity (Wildman–Crippen MR) is 101 cm³/mol. The van der Waals surface area contributed by atoms with Gasteiger partial charge in [0.25, 0.3) is 0 Å². The van der Waals surface area contributed by atoms with E-state index in [0.29, 0.717) is 6.42 Å². The lowest BCUT2D eigenvalue weighted by molar-refractivity contribution is -0.143. The van der Waals surface area contributed by atoms with E-state index in [-0.39, 0.29) is 23.6 Å². The molecule has 0 amide bonds. The fourth-order valence-corrected chi connectivity index (χ4v) is 4.03. The molecule has 3 rings (SSSR count). The predicted octanol–water partition coefficient (Wildman–Crippen LogP) is 6.47. The van der Waals surface area contributed by atoms with E-state index in [4.69, 9.17) is 10.5 Å². The lowest BCUT2D eigenvalue weighted by Crippen LogP contribution is -2.41. The van der Waals surface area contributed by atoms with Gasteiger partial charge < -0.3 is 10.5 Å². The lowest BCUT2D eigenvalue weighted by Gasteiger charge is -2.38. The van der Waals surface area contributed by atoms with Crippen LogP contribution >= 0.6 is 0 Å². The van der Waals surface area contributed by atoms with Crippen LogP contribution in [0.25, 0.3) is 0 Å². The van der Waals surface area contributed by atoms with Crippen LogP contribution in [0.5, 0.6) is 0 Å². The first-order valence-electron chi connectivity index (χ1n) is 9.72. The monoisotopic (exact) mass is 431 g/mol. The Balaban J connectivity index is 1.91. The number of ether oxygens (including phenoxy) is 1. The number of rotatable bonds is 4. The zero-order valence-electron chi connectivity index (χ0n) is 16.3. The molecule has 0 bridgehead atoms. The molecule has 30 heavy (non-hydrogen) atoms. The fraction of sp³-hybridized carbons (Fsp3) is 0.455. The summed E-state index contributed by atoms with van der Waals surface area (Å²) in [6, 6.07) is 10.8. The third-order valence-electron chi connectivity index (χ3n) is 5.53. The maximum atomic E-state index is 13.2. The van der Waals surface area contributed by atoms with Crippen molar-refractivity contribution in [2.45, 2.75) is 62.7 Å². The standard InChI is InChI=1S/C22H23F6NO/c1-13(15-10-16(21(23,24)25)12-17(11-15)22(26,27)28)30-19-9-5-8-18(29)20(19)14-6-3-2-4-7-14/h2-4,6-7,10-13,18-20H,5,8-9,29H2,1H3/t13-,18+,19+,20-/m1/s1. The summed E-state index contributed by atoms with van der Waals surface area (Å²) in [5, 5.41) is 0. The summed E-state index contributed by atoms with van der Waals surface area (Å²) in [6.07, 6.45) is -8.98. The van der Waals surface area contributed by atoms with Gasteiger partial charge in [-0.2, -0.15) is 26.3 Å². The second-order valence-electron chi connectivity index (χ2n) is 7.69. The van der Waals surface area contributed by atoms with E-state index in [1.807, 2.05) is 30.3 Å². The first-order valence-corrected chi connectivity index (χ1v) is 9.72. The van der Waals surface area contributed by atoms with Gasteiger partial charge >= 0.3 is 12.4 Å². The molecule has 0 aliphatic heterocycles. The first-order chi connectivity index (χ1) is 14.0. The molecule has 0 aromatic heterocycles. The van der Waals surface area contributed by atoms with E-state index in [0.717, 1.165) is 30.5 Å². The molecule has 1 fully saturated rings. The van der Waals surface area contributed by atoms with Crippen molar-refractivity contribution < 1.29 is 31.1 Å². The maximum Gasteiger partial charge on any atom is 0.416 e. The highest BCUT2D eigenvalue weighted by molar-refractivity contribution is 5.35. The highest BCUT2D eigenvalue weighted by Crippen LogP contribution is 2.40. The highest BCUT2D eigenvalue weighted by Gasteiger charge is 2.38. The van der Waals surface area contributed by atoms with Gasteiger partial charge in [-0.25, -0.2) is 0 Å². The number of alkyl halides is 6. The van der Waals surface area contributed by atoms with Crippen LogP contribution in [0.2, 0.25) is 0 Å². The highest BCUT2D eigenvalue weighted by atomic mass is 19.4. The van der Waals surface area contributed by atoms with Crippen LogP contribution in [-0.4, -0.2) is 12.1 Å². The Hall–Kier alpha value is -2.06. The lowest BCUT2D eigenvalue weighted by atomic mass is 9.78. The molecule has 164 valence electrons. The number of nitrogens with two attached hydrogens (primary N) is 1. The zero-order chi connectivity index (χ0) is 22.1. The molecule has 2 aromatic carbocycles. The Morgan fingerprint density at radius 2 is 1.47 bits per heavy atom. The molecule has 1 aliphatic rings. The van der Waals surface area contributed by atoms with Crippen molar-refractivity contribution in [1.82, 2.24) is 0 Å². The van der Waals surface area contributed by atoms with Crippen molar-refractivity contribution in [3.8, 4) is 0 Å². The Morgan fingerprint density at radius 3 is 2.00 bits per heavy atom. The molecule has 0 saturated heterocycles. The maximum absolute atomic E-state index is 13.2. The van der Waals surface area contributed by atoms with Crippen LogP contribution in [0, 0.1) is 0 Å². The van der Waals surface area contributed by atoms with Gasteiger partial charge in [0.15, 0.2) is 0 Å². The normalized spacial score (nSPS) is 23.9. The van der Waals surface area contributed by atoms with Crippen molar-refractivity contribution in [1.29, 1.82) is 0 Å². The Labute approximate surface area is 171 Å². The third-order valence-corrected chi connectivity index (χ3v) is 5.53. The van der Waals surface area contributed by atoms with Crippen LogP contribution < -0.4 is 5.73 Å². The molecule has 0 radical (unpaired) electrons. The number of halogens is 6. The summed E-state index contributed by atoms with van der Waals surface area (Å²) in [4.78, 5) is 0. The van der Waals surface area contributed by atoms with Gasteiger partial charge in [-0.05, 0) is 55.5 Å². The van der Waals surface area contributed by atoms with Gasteiger partial charge in [0.05, 0.1) is 23.3 Å². The summed E-state index contributed by atoms with van der Waals surface area (Å²) >= 11 is 0. The first kappa shape index (κ1) is 22.6. The van der Waals surface area contributed by atoms with Gasteiger partial charge in [0, 0.05) is 12.0 Å². The summed E-state index contributed by atoms with van der Waals surface area (Å²) in [7, 11) is 0. The average Bonchev–Trinajstić information content (AvgIpc) is 2.67. The zero-order valence-corrected chi connectivity index (χ0v) is 16.3. The summed E-state index contributed by atoms with van der Waals surface area (Å²) < 4.78 is 85.0. The average molecular weight is 431 g/mol. The molecule has 0 spiro atoms. The van der Waals surface area contributed by atoms with Crippen molar-refractivity contribution in [2.24, 2.45) is 5.73 Å². The van der Waals surface area contributed by atoms with Crippen LogP contribution in [-0.2, 0) is 17.1 Å². The molecule has 4 atom stereocenters. The SMILES string of the molecule is C[C@@H](O[C@H]1CCC[C@H](N)[C@H]1c1ccccc1)c1cc(C(F)(F)F)cc(C(F)(F)F)c1. The molecule has 2 aromatic rings. The quantitative estimate of drug-likeness (QED) is 0.564. The molecule has 2 nitrogen and oxygen atoms in total. The summed E-state index contributed by atoms with van der Waals surface area (Å²) in [5.41, 5.74) is 4.39. The molecule has 1 aliphatic carbocycles. The van der Waals surface area contributed by atoms with Crippen LogP contribution in [0.3, 0.4) is 0 Å². The number of hydrogen-bond donors (Lipinski definition) is 1. The van der Waals surface area contributed by atoms with Gasteiger partial charge in [0.1, 0.15) is 0 Å². The second-order valence-corrected chi connectivity index (χ2v) is 7.69. The minimum Gasteiger partial charge on any atom is -0.370 e. The van der Waals surface area contributed by atoms with Gasteiger partial charge in [-0.1, -0.05) is 30.3 Å². The second kappa shape index (κ2) is 8.59. The molecular weight excluding hydrogens is 408 g/mol. The summed E-state index contributed by atoms with van der Waals surface area (Å²) in [6.45, 7) is 1.47. The number of benzene rings is 2. The Bertz CT molecular complexity index is 817. The molecule has 0 heterocycles. The minimum absolute atomic E-state index is 0.125. The van der Waals surface area contributed by atoms with Gasteiger partial charge in [-0.15, -0.1) is 0 Å². The van der Waals surface area contributed by atoms with E-state index in [1.165, 1.54) is 6.92 Å². The third kappa shape index (κ3) is 5.16. The smallest absolute Gasteiger partial charge is 0.370 e. The Morgan fingerprint density at radius 1 is 0.900 bits per heavy atom. The summed E-state index contributed by atoms with van der Waals surface area (Å²) in [5.74, 6) is -0.185. The fourth-order valence-electron chi connectivity index (χ4n) is 4.03. The number of hydrogen-bond acceptors (Lipinski definition) is 2. The van der Waals surface area contributed by atoms with Crippen molar-refractivity contribution >= 4 is 0 Å². The Kier molecular flexibility index (Phi) is 6.48. The molecule has 0 unspecified atom stereocenters. The van der Waals surface area contributed by atoms with Crippen LogP contribution in [0.15, 0.2) is 48.5 Å². The van der Waals surface area contributed by atoms with E-state index in [2.05, 4.69) is 0 Å².